The number of carbonyl (C=O) groups is 1. The fourth-order valence-electron chi connectivity index (χ4n) is 3.64. The molecule has 1 aliphatic heterocycles. The van der Waals surface area contributed by atoms with Crippen LogP contribution in [0.25, 0.3) is 5.57 Å². The lowest BCUT2D eigenvalue weighted by Gasteiger charge is -2.28. The molecule has 1 aliphatic rings. The number of thiophene rings is 2. The van der Waals surface area contributed by atoms with Crippen molar-refractivity contribution in [2.45, 2.75) is 19.5 Å². The van der Waals surface area contributed by atoms with Crippen LogP contribution >= 0.6 is 22.7 Å². The van der Waals surface area contributed by atoms with E-state index in [1.54, 1.807) is 22.7 Å². The number of hydrogen-bond donors (Lipinski definition) is 1. The van der Waals surface area contributed by atoms with Gasteiger partial charge in [0, 0.05) is 13.1 Å². The Hall–Kier alpha value is -2.21. The van der Waals surface area contributed by atoms with E-state index in [4.69, 9.17) is 0 Å². The number of benzene rings is 1. The number of hydrogen-bond acceptors (Lipinski definition) is 3. The summed E-state index contributed by atoms with van der Waals surface area (Å²) in [6.07, 6.45) is 3.15. The average molecular weight is 410 g/mol. The van der Waals surface area contributed by atoms with E-state index in [0.29, 0.717) is 13.1 Å². The molecule has 0 spiro atoms. The summed E-state index contributed by atoms with van der Waals surface area (Å²) < 4.78 is 0. The van der Waals surface area contributed by atoms with Crippen molar-refractivity contribution < 1.29 is 9.69 Å². The van der Waals surface area contributed by atoms with Crippen LogP contribution in [0.3, 0.4) is 0 Å². The third-order valence-electron chi connectivity index (χ3n) is 5.12. The molecule has 4 rings (SSSR count). The SMILES string of the molecule is O=C(C[NH+](Cc1cccs1)Cc1cccs1)N1CC=C(c2ccccc2)CC1. The van der Waals surface area contributed by atoms with Gasteiger partial charge < -0.3 is 9.80 Å². The molecule has 3 aromatic rings. The van der Waals surface area contributed by atoms with Crippen LogP contribution in [0, 0.1) is 0 Å². The Balaban J connectivity index is 1.39. The van der Waals surface area contributed by atoms with Crippen molar-refractivity contribution in [1.82, 2.24) is 4.90 Å². The van der Waals surface area contributed by atoms with E-state index in [0.717, 1.165) is 26.1 Å². The summed E-state index contributed by atoms with van der Waals surface area (Å²) in [7, 11) is 0. The van der Waals surface area contributed by atoms with Crippen molar-refractivity contribution >= 4 is 34.2 Å². The molecule has 3 heterocycles. The zero-order valence-corrected chi connectivity index (χ0v) is 17.5. The zero-order valence-electron chi connectivity index (χ0n) is 15.8. The lowest BCUT2D eigenvalue weighted by atomic mass is 9.99. The molecule has 1 N–H and O–H groups in total. The molecule has 0 fully saturated rings. The Kier molecular flexibility index (Phi) is 6.37. The van der Waals surface area contributed by atoms with Crippen LogP contribution in [0.5, 0.6) is 0 Å². The third-order valence-corrected chi connectivity index (χ3v) is 6.87. The summed E-state index contributed by atoms with van der Waals surface area (Å²) in [5, 5.41) is 4.22. The molecule has 2 aromatic heterocycles. The van der Waals surface area contributed by atoms with E-state index in [2.05, 4.69) is 65.4 Å². The minimum atomic E-state index is 0.256. The van der Waals surface area contributed by atoms with E-state index in [9.17, 15) is 4.79 Å². The number of rotatable bonds is 7. The molecule has 1 aromatic carbocycles. The van der Waals surface area contributed by atoms with E-state index in [1.807, 2.05) is 11.0 Å². The molecule has 0 atom stereocenters. The van der Waals surface area contributed by atoms with Crippen LogP contribution in [0.2, 0.25) is 0 Å². The van der Waals surface area contributed by atoms with Crippen LogP contribution in [-0.4, -0.2) is 30.4 Å². The molecule has 3 nitrogen and oxygen atoms in total. The highest BCUT2D eigenvalue weighted by Gasteiger charge is 2.23. The number of quaternary nitrogens is 1. The molecule has 144 valence electrons. The summed E-state index contributed by atoms with van der Waals surface area (Å²) in [4.78, 5) is 19.0. The first-order valence-corrected chi connectivity index (χ1v) is 11.4. The Bertz CT molecular complexity index is 865. The van der Waals surface area contributed by atoms with Gasteiger partial charge in [0.2, 0.25) is 0 Å². The molecule has 0 radical (unpaired) electrons. The second-order valence-corrected chi connectivity index (χ2v) is 9.19. The maximum atomic E-state index is 13.0. The first-order chi connectivity index (χ1) is 13.8. The number of nitrogens with one attached hydrogen (secondary N) is 1. The summed E-state index contributed by atoms with van der Waals surface area (Å²) >= 11 is 3.55. The maximum Gasteiger partial charge on any atom is 0.278 e. The van der Waals surface area contributed by atoms with Gasteiger partial charge in [0.1, 0.15) is 13.1 Å². The number of nitrogens with zero attached hydrogens (tertiary/aromatic N) is 1. The molecule has 0 saturated carbocycles. The van der Waals surface area contributed by atoms with Gasteiger partial charge in [-0.2, -0.15) is 0 Å². The Morgan fingerprint density at radius 1 is 0.929 bits per heavy atom. The molecule has 0 unspecified atom stereocenters. The first-order valence-electron chi connectivity index (χ1n) is 9.68. The Morgan fingerprint density at radius 3 is 2.14 bits per heavy atom. The molecular formula is C23H25N2OS2+. The fraction of sp³-hybridized carbons (Fsp3) is 0.261. The summed E-state index contributed by atoms with van der Waals surface area (Å²) in [5.41, 5.74) is 2.63. The van der Waals surface area contributed by atoms with E-state index >= 15 is 0 Å². The van der Waals surface area contributed by atoms with Crippen molar-refractivity contribution in [2.24, 2.45) is 0 Å². The predicted molar refractivity (Wildman–Crippen MR) is 117 cm³/mol. The molecule has 0 aliphatic carbocycles. The van der Waals surface area contributed by atoms with Crippen molar-refractivity contribution in [2.75, 3.05) is 19.6 Å². The summed E-state index contributed by atoms with van der Waals surface area (Å²) in [6, 6.07) is 19.0. The predicted octanol–water partition coefficient (Wildman–Crippen LogP) is 3.71. The maximum absolute atomic E-state index is 13.0. The minimum absolute atomic E-state index is 0.256. The Morgan fingerprint density at radius 2 is 1.61 bits per heavy atom. The zero-order chi connectivity index (χ0) is 19.2. The molecular weight excluding hydrogens is 384 g/mol. The van der Waals surface area contributed by atoms with Gasteiger partial charge in [0.25, 0.3) is 5.91 Å². The quantitative estimate of drug-likeness (QED) is 0.632. The van der Waals surface area contributed by atoms with Crippen molar-refractivity contribution in [1.29, 1.82) is 0 Å². The van der Waals surface area contributed by atoms with Crippen LogP contribution < -0.4 is 4.90 Å². The summed E-state index contributed by atoms with van der Waals surface area (Å²) in [6.45, 7) is 3.88. The van der Waals surface area contributed by atoms with Crippen LogP contribution in [0.4, 0.5) is 0 Å². The minimum Gasteiger partial charge on any atom is -0.334 e. The second-order valence-electron chi connectivity index (χ2n) is 7.12. The number of amides is 1. The second kappa shape index (κ2) is 9.32. The summed E-state index contributed by atoms with van der Waals surface area (Å²) in [5.74, 6) is 0.256. The lowest BCUT2D eigenvalue weighted by Crippen LogP contribution is -3.10. The molecule has 5 heteroatoms. The normalized spacial score (nSPS) is 14.3. The topological polar surface area (TPSA) is 24.8 Å². The van der Waals surface area contributed by atoms with Crippen LogP contribution in [0.1, 0.15) is 21.7 Å². The van der Waals surface area contributed by atoms with Gasteiger partial charge in [0.15, 0.2) is 6.54 Å². The highest BCUT2D eigenvalue weighted by Crippen LogP contribution is 2.21. The molecule has 1 amide bonds. The van der Waals surface area contributed by atoms with Crippen molar-refractivity contribution in [3.05, 3.63) is 86.8 Å². The van der Waals surface area contributed by atoms with E-state index < -0.39 is 0 Å². The largest absolute Gasteiger partial charge is 0.334 e. The van der Waals surface area contributed by atoms with E-state index in [1.165, 1.54) is 25.8 Å². The highest BCUT2D eigenvalue weighted by atomic mass is 32.1. The van der Waals surface area contributed by atoms with Gasteiger partial charge in [-0.15, -0.1) is 22.7 Å². The third kappa shape index (κ3) is 4.98. The van der Waals surface area contributed by atoms with Gasteiger partial charge in [-0.3, -0.25) is 4.79 Å². The van der Waals surface area contributed by atoms with Crippen LogP contribution in [-0.2, 0) is 17.9 Å². The van der Waals surface area contributed by atoms with Crippen LogP contribution in [0.15, 0.2) is 71.4 Å². The highest BCUT2D eigenvalue weighted by molar-refractivity contribution is 7.10. The molecule has 28 heavy (non-hydrogen) atoms. The van der Waals surface area contributed by atoms with Gasteiger partial charge in [-0.25, -0.2) is 0 Å². The molecule has 0 bridgehead atoms. The molecule has 0 saturated heterocycles. The number of carbonyl (C=O) groups excluding carboxylic acids is 1. The lowest BCUT2D eigenvalue weighted by molar-refractivity contribution is -0.919. The standard InChI is InChI=1S/C23H24N2OS2/c26-23(25-12-10-20(11-13-25)19-6-2-1-3-7-19)18-24(16-21-8-4-14-27-21)17-22-9-5-15-28-22/h1-10,14-15H,11-13,16-18H2/p+1. The van der Waals surface area contributed by atoms with Gasteiger partial charge >= 0.3 is 0 Å². The first kappa shape index (κ1) is 19.1. The van der Waals surface area contributed by atoms with Crippen molar-refractivity contribution in [3.63, 3.8) is 0 Å². The fourth-order valence-corrected chi connectivity index (χ4v) is 5.20. The van der Waals surface area contributed by atoms with Gasteiger partial charge in [-0.1, -0.05) is 48.5 Å². The van der Waals surface area contributed by atoms with Crippen molar-refractivity contribution in [3.8, 4) is 0 Å². The monoisotopic (exact) mass is 409 g/mol. The van der Waals surface area contributed by atoms with Gasteiger partial charge in [0.05, 0.1) is 9.75 Å². The van der Waals surface area contributed by atoms with Gasteiger partial charge in [-0.05, 0) is 40.5 Å². The Labute approximate surface area is 174 Å². The smallest absolute Gasteiger partial charge is 0.278 e. The average Bonchev–Trinajstić information content (AvgIpc) is 3.43. The van der Waals surface area contributed by atoms with E-state index in [-0.39, 0.29) is 5.91 Å².